The van der Waals surface area contributed by atoms with Crippen molar-refractivity contribution in [1.29, 1.82) is 0 Å². The van der Waals surface area contributed by atoms with Crippen molar-refractivity contribution < 1.29 is 9.84 Å². The van der Waals surface area contributed by atoms with Crippen molar-refractivity contribution in [2.24, 2.45) is 35.0 Å². The molecule has 0 aromatic rings. The average molecular weight is 454 g/mol. The quantitative estimate of drug-likeness (QED) is 0.485. The van der Waals surface area contributed by atoms with Gasteiger partial charge < -0.3 is 9.84 Å². The number of allylic oxidation sites excluding steroid dienone is 2. The molecular formula is C30H47NO2. The molecule has 0 aromatic heterocycles. The molecule has 2 saturated heterocycles. The second kappa shape index (κ2) is 7.93. The second-order valence-corrected chi connectivity index (χ2v) is 13.3. The zero-order chi connectivity index (χ0) is 23.1. The Bertz CT molecular complexity index is 861. The first-order valence-electron chi connectivity index (χ1n) is 14.3. The van der Waals surface area contributed by atoms with E-state index in [0.29, 0.717) is 23.5 Å². The highest BCUT2D eigenvalue weighted by Crippen LogP contribution is 2.64. The smallest absolute Gasteiger partial charge is 0.0765 e. The number of rotatable bonds is 1. The van der Waals surface area contributed by atoms with Crippen LogP contribution in [0.2, 0.25) is 0 Å². The third kappa shape index (κ3) is 3.31. The van der Waals surface area contributed by atoms with Gasteiger partial charge in [-0.15, -0.1) is 0 Å². The Morgan fingerprint density at radius 3 is 2.79 bits per heavy atom. The molecule has 6 rings (SSSR count). The zero-order valence-corrected chi connectivity index (χ0v) is 21.8. The molecule has 184 valence electrons. The topological polar surface area (TPSA) is 32.7 Å². The number of likely N-dealkylation sites (tertiary alicyclic amines) is 1. The minimum Gasteiger partial charge on any atom is -0.389 e. The number of aliphatic hydroxyl groups is 1. The molecule has 4 fully saturated rings. The van der Waals surface area contributed by atoms with E-state index in [4.69, 9.17) is 4.74 Å². The lowest BCUT2D eigenvalue weighted by Gasteiger charge is -2.49. The molecule has 0 aromatic carbocycles. The van der Waals surface area contributed by atoms with Crippen LogP contribution in [0.3, 0.4) is 0 Å². The number of fused-ring (bicyclic) bond motifs is 6. The van der Waals surface area contributed by atoms with Crippen LogP contribution in [-0.4, -0.2) is 46.9 Å². The van der Waals surface area contributed by atoms with Crippen molar-refractivity contribution in [2.45, 2.75) is 116 Å². The lowest BCUT2D eigenvalue weighted by Crippen LogP contribution is -2.51. The van der Waals surface area contributed by atoms with E-state index in [0.717, 1.165) is 43.1 Å². The first-order chi connectivity index (χ1) is 15.8. The lowest BCUT2D eigenvalue weighted by molar-refractivity contribution is -0.0790. The monoisotopic (exact) mass is 453 g/mol. The summed E-state index contributed by atoms with van der Waals surface area (Å²) in [4.78, 5) is 2.75. The van der Waals surface area contributed by atoms with Crippen LogP contribution in [0, 0.1) is 35.0 Å². The van der Waals surface area contributed by atoms with E-state index in [1.54, 1.807) is 11.1 Å². The van der Waals surface area contributed by atoms with Crippen LogP contribution < -0.4 is 0 Å². The number of likely N-dealkylation sites (N-methyl/N-ethyl adjacent to an activating group) is 1. The molecule has 3 nitrogen and oxygen atoms in total. The van der Waals surface area contributed by atoms with Crippen LogP contribution in [0.15, 0.2) is 22.8 Å². The van der Waals surface area contributed by atoms with Gasteiger partial charge in [0.05, 0.1) is 17.8 Å². The Morgan fingerprint density at radius 2 is 2.00 bits per heavy atom. The van der Waals surface area contributed by atoms with Crippen LogP contribution >= 0.6 is 0 Å². The van der Waals surface area contributed by atoms with Gasteiger partial charge in [0.25, 0.3) is 0 Å². The third-order valence-electron chi connectivity index (χ3n) is 11.7. The summed E-state index contributed by atoms with van der Waals surface area (Å²) < 4.78 is 7.17. The summed E-state index contributed by atoms with van der Waals surface area (Å²) in [6, 6.07) is 0.615. The molecule has 4 aliphatic carbocycles. The van der Waals surface area contributed by atoms with Gasteiger partial charge in [0.1, 0.15) is 0 Å². The summed E-state index contributed by atoms with van der Waals surface area (Å²) >= 11 is 0. The highest BCUT2D eigenvalue weighted by Gasteiger charge is 2.59. The van der Waals surface area contributed by atoms with Gasteiger partial charge in [0, 0.05) is 18.5 Å². The Morgan fingerprint density at radius 1 is 1.18 bits per heavy atom. The molecule has 0 unspecified atom stereocenters. The first kappa shape index (κ1) is 22.8. The Labute approximate surface area is 202 Å². The summed E-state index contributed by atoms with van der Waals surface area (Å²) in [5.74, 6) is 3.78. The highest BCUT2D eigenvalue weighted by molar-refractivity contribution is 5.33. The molecule has 0 amide bonds. The van der Waals surface area contributed by atoms with E-state index in [-0.39, 0.29) is 11.7 Å². The molecule has 1 spiro atoms. The molecule has 0 radical (unpaired) electrons. The second-order valence-electron chi connectivity index (χ2n) is 13.3. The normalized spacial score (nSPS) is 52.1. The number of nitrogens with zero attached hydrogens (tertiary/aromatic N) is 1. The molecule has 2 aliphatic heterocycles. The standard InChI is InChI=1S/C30H47NO2/c1-6-31-17-18(2)13-27-28(31)20(4)30(33-27)12-10-23-24-8-7-21-14-22(32)9-11-29(21,5)26(24)15-25(23)19(3)16-30/h14,18,20,22-24,26-28,32H,6-13,15-17H2,1-5H3/t18-,20+,22-,23-,24-,26-,27+,28-,29-,30-/m0/s1. The number of hydrogen-bond acceptors (Lipinski definition) is 3. The van der Waals surface area contributed by atoms with Crippen molar-refractivity contribution in [1.82, 2.24) is 4.90 Å². The Kier molecular flexibility index (Phi) is 5.48. The number of aliphatic hydroxyl groups excluding tert-OH is 1. The van der Waals surface area contributed by atoms with Gasteiger partial charge in [-0.3, -0.25) is 4.90 Å². The van der Waals surface area contributed by atoms with Crippen molar-refractivity contribution in [2.75, 3.05) is 13.1 Å². The van der Waals surface area contributed by atoms with Crippen molar-refractivity contribution in [3.63, 3.8) is 0 Å². The van der Waals surface area contributed by atoms with Crippen molar-refractivity contribution in [3.05, 3.63) is 22.8 Å². The SMILES string of the molecule is CCN1C[C@@H](C)C[C@H]2O[C@]3(CC[C@@H]4C(=C(C)C3)C[C@H]3[C@H]4CCC4=C[C@@H](O)CC[C@@]43C)[C@H](C)[C@@H]21. The summed E-state index contributed by atoms with van der Waals surface area (Å²) in [7, 11) is 0. The van der Waals surface area contributed by atoms with Crippen molar-refractivity contribution >= 4 is 0 Å². The first-order valence-corrected chi connectivity index (χ1v) is 14.3. The molecule has 3 heteroatoms. The molecule has 0 bridgehead atoms. The average Bonchev–Trinajstić information content (AvgIpc) is 3.24. The van der Waals surface area contributed by atoms with E-state index < -0.39 is 0 Å². The fourth-order valence-corrected chi connectivity index (χ4v) is 10.0. The summed E-state index contributed by atoms with van der Waals surface area (Å²) in [5.41, 5.74) is 5.46. The highest BCUT2D eigenvalue weighted by atomic mass is 16.5. The third-order valence-corrected chi connectivity index (χ3v) is 11.7. The fourth-order valence-electron chi connectivity index (χ4n) is 10.0. The van der Waals surface area contributed by atoms with Gasteiger partial charge in [0.15, 0.2) is 0 Å². The van der Waals surface area contributed by atoms with E-state index in [9.17, 15) is 5.11 Å². The van der Waals surface area contributed by atoms with Gasteiger partial charge in [-0.1, -0.05) is 50.5 Å². The van der Waals surface area contributed by atoms with E-state index in [1.165, 1.54) is 51.5 Å². The maximum atomic E-state index is 10.3. The van der Waals surface area contributed by atoms with E-state index >= 15 is 0 Å². The fraction of sp³-hybridized carbons (Fsp3) is 0.867. The minimum atomic E-state index is -0.202. The molecule has 2 heterocycles. The van der Waals surface area contributed by atoms with Crippen LogP contribution in [0.5, 0.6) is 0 Å². The van der Waals surface area contributed by atoms with E-state index in [1.807, 2.05) is 5.57 Å². The summed E-state index contributed by atoms with van der Waals surface area (Å²) in [5, 5.41) is 10.3. The number of hydrogen-bond donors (Lipinski definition) is 1. The predicted molar refractivity (Wildman–Crippen MR) is 134 cm³/mol. The molecular weight excluding hydrogens is 406 g/mol. The summed E-state index contributed by atoms with van der Waals surface area (Å²) in [6.07, 6.45) is 13.4. The van der Waals surface area contributed by atoms with Crippen LogP contribution in [0.4, 0.5) is 0 Å². The van der Waals surface area contributed by atoms with Crippen LogP contribution in [0.25, 0.3) is 0 Å². The lowest BCUT2D eigenvalue weighted by atomic mass is 9.56. The predicted octanol–water partition coefficient (Wildman–Crippen LogP) is 6.12. The number of ether oxygens (including phenoxy) is 1. The van der Waals surface area contributed by atoms with Gasteiger partial charge in [-0.25, -0.2) is 0 Å². The van der Waals surface area contributed by atoms with Gasteiger partial charge >= 0.3 is 0 Å². The van der Waals surface area contributed by atoms with E-state index in [2.05, 4.69) is 45.6 Å². The molecule has 2 saturated carbocycles. The Hall–Kier alpha value is -0.640. The number of piperidine rings is 1. The van der Waals surface area contributed by atoms with Crippen LogP contribution in [0.1, 0.15) is 92.4 Å². The molecule has 10 atom stereocenters. The van der Waals surface area contributed by atoms with Gasteiger partial charge in [0.2, 0.25) is 0 Å². The minimum absolute atomic E-state index is 0.0579. The molecule has 33 heavy (non-hydrogen) atoms. The van der Waals surface area contributed by atoms with Crippen LogP contribution in [-0.2, 0) is 4.74 Å². The van der Waals surface area contributed by atoms with Crippen molar-refractivity contribution in [3.8, 4) is 0 Å². The largest absolute Gasteiger partial charge is 0.389 e. The van der Waals surface area contributed by atoms with Gasteiger partial charge in [-0.2, -0.15) is 0 Å². The van der Waals surface area contributed by atoms with Gasteiger partial charge in [-0.05, 0) is 100 Å². The molecule has 6 aliphatic rings. The summed E-state index contributed by atoms with van der Waals surface area (Å²) in [6.45, 7) is 14.7. The zero-order valence-electron chi connectivity index (χ0n) is 21.8. The maximum absolute atomic E-state index is 10.3. The maximum Gasteiger partial charge on any atom is 0.0765 e. The molecule has 1 N–H and O–H groups in total. The Balaban J connectivity index is 1.29.